The third-order valence-corrected chi connectivity index (χ3v) is 6.01. The van der Waals surface area contributed by atoms with Crippen LogP contribution in [0.15, 0.2) is 78.0 Å². The van der Waals surface area contributed by atoms with E-state index >= 15 is 4.39 Å². The zero-order chi connectivity index (χ0) is 27.4. The van der Waals surface area contributed by atoms with Gasteiger partial charge in [-0.2, -0.15) is 14.9 Å². The summed E-state index contributed by atoms with van der Waals surface area (Å²) in [6, 6.07) is 12.4. The molecule has 0 unspecified atom stereocenters. The zero-order valence-corrected chi connectivity index (χ0v) is 20.8. The minimum absolute atomic E-state index is 0.158. The molecule has 0 bridgehead atoms. The first-order valence-corrected chi connectivity index (χ1v) is 12.0. The van der Waals surface area contributed by atoms with E-state index in [2.05, 4.69) is 25.6 Å². The van der Waals surface area contributed by atoms with E-state index in [9.17, 15) is 14.0 Å². The molecule has 39 heavy (non-hydrogen) atoms. The molecule has 10 nitrogen and oxygen atoms in total. The molecule has 1 amide bonds. The molecule has 0 spiro atoms. The van der Waals surface area contributed by atoms with E-state index in [0.29, 0.717) is 36.6 Å². The number of anilines is 3. The Bertz CT molecular complexity index is 1690. The molecule has 2 aromatic carbocycles. The van der Waals surface area contributed by atoms with Gasteiger partial charge in [-0.25, -0.2) is 13.8 Å². The summed E-state index contributed by atoms with van der Waals surface area (Å²) in [6.07, 6.45) is 5.14. The van der Waals surface area contributed by atoms with E-state index in [0.717, 1.165) is 10.1 Å². The first-order valence-electron chi connectivity index (χ1n) is 12.0. The average Bonchev–Trinajstić information content (AvgIpc) is 3.42. The van der Waals surface area contributed by atoms with Gasteiger partial charge in [0.25, 0.3) is 11.5 Å². The van der Waals surface area contributed by atoms with Gasteiger partial charge < -0.3 is 15.0 Å². The van der Waals surface area contributed by atoms with Gasteiger partial charge in [0.2, 0.25) is 0 Å². The molecule has 0 aliphatic heterocycles. The number of methoxy groups -OCH3 is 1. The number of carbonyl (C=O) groups is 1. The Morgan fingerprint density at radius 3 is 2.67 bits per heavy atom. The summed E-state index contributed by atoms with van der Waals surface area (Å²) in [5.41, 5.74) is 1.09. The third-order valence-electron chi connectivity index (χ3n) is 6.01. The lowest BCUT2D eigenvalue weighted by Gasteiger charge is -2.26. The SMILES string of the molecule is COCCCN(c1ccc(NC(=O)c2ccnn(-c3ccc(F)cc3)c2=O)cc1F)c1ccnc2[nH]ncc12. The Balaban J connectivity index is 1.42. The van der Waals surface area contributed by atoms with Crippen molar-refractivity contribution in [1.29, 1.82) is 0 Å². The number of hydrogen-bond acceptors (Lipinski definition) is 7. The molecule has 2 N–H and O–H groups in total. The second-order valence-electron chi connectivity index (χ2n) is 8.52. The molecule has 0 aliphatic carbocycles. The topological polar surface area (TPSA) is 118 Å². The second kappa shape index (κ2) is 11.2. The van der Waals surface area contributed by atoms with Crippen molar-refractivity contribution in [3.63, 3.8) is 0 Å². The molecule has 5 aromatic rings. The summed E-state index contributed by atoms with van der Waals surface area (Å²) in [5, 5.41) is 14.1. The van der Waals surface area contributed by atoms with Crippen LogP contribution in [0.5, 0.6) is 0 Å². The molecule has 0 radical (unpaired) electrons. The van der Waals surface area contributed by atoms with Gasteiger partial charge in [0, 0.05) is 38.3 Å². The number of hydrogen-bond donors (Lipinski definition) is 2. The molecule has 0 aliphatic rings. The molecule has 0 saturated heterocycles. The van der Waals surface area contributed by atoms with Crippen LogP contribution >= 0.6 is 0 Å². The first kappa shape index (κ1) is 25.7. The molecule has 3 heterocycles. The fourth-order valence-corrected chi connectivity index (χ4v) is 4.16. The fourth-order valence-electron chi connectivity index (χ4n) is 4.16. The lowest BCUT2D eigenvalue weighted by molar-refractivity contribution is 0.102. The normalized spacial score (nSPS) is 11.1. The van der Waals surface area contributed by atoms with Crippen molar-refractivity contribution in [3.8, 4) is 5.69 Å². The minimum atomic E-state index is -0.739. The molecular formula is C27H23F2N7O3. The summed E-state index contributed by atoms with van der Waals surface area (Å²) < 4.78 is 34.9. The van der Waals surface area contributed by atoms with Crippen LogP contribution in [0.1, 0.15) is 16.8 Å². The van der Waals surface area contributed by atoms with E-state index < -0.39 is 23.1 Å². The van der Waals surface area contributed by atoms with Gasteiger partial charge in [0.05, 0.1) is 28.6 Å². The van der Waals surface area contributed by atoms with Crippen LogP contribution in [0.2, 0.25) is 0 Å². The van der Waals surface area contributed by atoms with Crippen molar-refractivity contribution in [3.05, 3.63) is 101 Å². The number of amides is 1. The van der Waals surface area contributed by atoms with Crippen molar-refractivity contribution >= 4 is 34.0 Å². The molecule has 0 saturated carbocycles. The van der Waals surface area contributed by atoms with Gasteiger partial charge >= 0.3 is 0 Å². The monoisotopic (exact) mass is 531 g/mol. The van der Waals surface area contributed by atoms with Crippen molar-refractivity contribution in [1.82, 2.24) is 25.0 Å². The molecular weight excluding hydrogens is 508 g/mol. The summed E-state index contributed by atoms with van der Waals surface area (Å²) in [6.45, 7) is 0.925. The van der Waals surface area contributed by atoms with Crippen LogP contribution in [-0.2, 0) is 4.74 Å². The number of H-pyrrole nitrogens is 1. The Morgan fingerprint density at radius 2 is 1.90 bits per heavy atom. The summed E-state index contributed by atoms with van der Waals surface area (Å²) >= 11 is 0. The number of rotatable bonds is 9. The minimum Gasteiger partial charge on any atom is -0.385 e. The summed E-state index contributed by atoms with van der Waals surface area (Å²) in [5.74, 6) is -1.80. The number of halogens is 2. The maximum Gasteiger partial charge on any atom is 0.284 e. The van der Waals surface area contributed by atoms with Crippen LogP contribution in [0.25, 0.3) is 16.7 Å². The third kappa shape index (κ3) is 5.36. The molecule has 3 aromatic heterocycles. The van der Waals surface area contributed by atoms with Crippen molar-refractivity contribution in [2.45, 2.75) is 6.42 Å². The van der Waals surface area contributed by atoms with Crippen LogP contribution < -0.4 is 15.8 Å². The smallest absolute Gasteiger partial charge is 0.284 e. The maximum atomic E-state index is 15.5. The van der Waals surface area contributed by atoms with E-state index in [1.165, 1.54) is 42.6 Å². The molecule has 12 heteroatoms. The number of nitrogens with zero attached hydrogens (tertiary/aromatic N) is 5. The van der Waals surface area contributed by atoms with E-state index in [-0.39, 0.29) is 16.9 Å². The van der Waals surface area contributed by atoms with Crippen LogP contribution in [0.4, 0.5) is 25.8 Å². The van der Waals surface area contributed by atoms with Crippen LogP contribution in [-0.4, -0.2) is 51.1 Å². The Kier molecular flexibility index (Phi) is 7.37. The van der Waals surface area contributed by atoms with E-state index in [4.69, 9.17) is 4.74 Å². The average molecular weight is 532 g/mol. The number of pyridine rings is 1. The van der Waals surface area contributed by atoms with Crippen molar-refractivity contribution in [2.24, 2.45) is 0 Å². The van der Waals surface area contributed by atoms with E-state index in [1.807, 2.05) is 0 Å². The Hall–Kier alpha value is -4.97. The van der Waals surface area contributed by atoms with Gasteiger partial charge in [-0.05, 0) is 61.0 Å². The van der Waals surface area contributed by atoms with Gasteiger partial charge in [-0.3, -0.25) is 14.7 Å². The number of fused-ring (bicyclic) bond motifs is 1. The quantitative estimate of drug-likeness (QED) is 0.274. The number of carbonyl (C=O) groups excluding carboxylic acids is 1. The molecule has 0 atom stereocenters. The molecule has 198 valence electrons. The number of nitrogens with one attached hydrogen (secondary N) is 2. The zero-order valence-electron chi connectivity index (χ0n) is 20.8. The predicted octanol–water partition coefficient (Wildman–Crippen LogP) is 4.21. The highest BCUT2D eigenvalue weighted by molar-refractivity contribution is 6.04. The van der Waals surface area contributed by atoms with E-state index in [1.54, 1.807) is 42.6 Å². The number of ether oxygens (including phenoxy) is 1. The molecule has 0 fully saturated rings. The molecule has 5 rings (SSSR count). The maximum absolute atomic E-state index is 15.5. The Labute approximate surface area is 220 Å². The standard InChI is InChI=1S/C27H23F2N7O3/c1-39-14-2-13-35(23-10-11-30-25-21(23)16-31-34-25)24-8-5-18(15-22(24)29)33-26(37)20-9-12-32-36(27(20)38)19-6-3-17(28)4-7-19/h3-12,15-16H,2,13-14H2,1H3,(H,33,37)(H,30,31,34). The highest BCUT2D eigenvalue weighted by atomic mass is 19.1. The first-order chi connectivity index (χ1) is 19.0. The number of aromatic nitrogens is 5. The summed E-state index contributed by atoms with van der Waals surface area (Å²) in [4.78, 5) is 31.9. The lowest BCUT2D eigenvalue weighted by Crippen LogP contribution is -2.29. The fraction of sp³-hybridized carbons (Fsp3) is 0.148. The Morgan fingerprint density at radius 1 is 1.08 bits per heavy atom. The van der Waals surface area contributed by atoms with Crippen molar-refractivity contribution in [2.75, 3.05) is 30.5 Å². The van der Waals surface area contributed by atoms with Gasteiger partial charge in [0.1, 0.15) is 17.2 Å². The number of aromatic amines is 1. The largest absolute Gasteiger partial charge is 0.385 e. The second-order valence-corrected chi connectivity index (χ2v) is 8.52. The van der Waals surface area contributed by atoms with Crippen LogP contribution in [0, 0.1) is 11.6 Å². The highest BCUT2D eigenvalue weighted by Crippen LogP contribution is 2.33. The highest BCUT2D eigenvalue weighted by Gasteiger charge is 2.19. The predicted molar refractivity (Wildman–Crippen MR) is 142 cm³/mol. The van der Waals surface area contributed by atoms with Crippen molar-refractivity contribution < 1.29 is 18.3 Å². The van der Waals surface area contributed by atoms with Gasteiger partial charge in [-0.1, -0.05) is 0 Å². The number of benzene rings is 2. The van der Waals surface area contributed by atoms with Crippen LogP contribution in [0.3, 0.4) is 0 Å². The lowest BCUT2D eigenvalue weighted by atomic mass is 10.2. The van der Waals surface area contributed by atoms with Gasteiger partial charge in [0.15, 0.2) is 5.65 Å². The van der Waals surface area contributed by atoms with Gasteiger partial charge in [-0.15, -0.1) is 0 Å². The summed E-state index contributed by atoms with van der Waals surface area (Å²) in [7, 11) is 1.60.